The molecule has 0 aromatic rings. The minimum absolute atomic E-state index is 0.794. The monoisotopic (exact) mass is 140 g/mol. The molecular formula is C8H16N2. The third kappa shape index (κ3) is 1.18. The topological polar surface area (TPSA) is 24.1 Å². The first-order valence-corrected chi connectivity index (χ1v) is 4.41. The lowest BCUT2D eigenvalue weighted by molar-refractivity contribution is 0.209. The van der Waals surface area contributed by atoms with Crippen LogP contribution in [0.25, 0.3) is 0 Å². The molecule has 2 rings (SSSR count). The van der Waals surface area contributed by atoms with Crippen LogP contribution in [0.1, 0.15) is 19.3 Å². The first-order chi connectivity index (χ1) is 4.97. The Morgan fingerprint density at radius 3 is 2.50 bits per heavy atom. The molecule has 1 heterocycles. The minimum Gasteiger partial charge on any atom is -0.314 e. The van der Waals surface area contributed by atoms with Crippen molar-refractivity contribution in [2.75, 3.05) is 19.6 Å². The van der Waals surface area contributed by atoms with Crippen molar-refractivity contribution < 1.29 is 0 Å². The average molecular weight is 140 g/mol. The fourth-order valence-corrected chi connectivity index (χ4v) is 1.85. The molecule has 10 heavy (non-hydrogen) atoms. The van der Waals surface area contributed by atoms with Crippen molar-refractivity contribution in [2.45, 2.75) is 25.3 Å². The van der Waals surface area contributed by atoms with Gasteiger partial charge in [-0.1, -0.05) is 6.42 Å². The second-order valence-electron chi connectivity index (χ2n) is 3.46. The first-order valence-electron chi connectivity index (χ1n) is 4.41. The predicted octanol–water partition coefficient (Wildman–Crippen LogP) is 0.348. The lowest BCUT2D eigenvalue weighted by Gasteiger charge is -2.37. The van der Waals surface area contributed by atoms with Gasteiger partial charge in [-0.25, -0.2) is 0 Å². The summed E-state index contributed by atoms with van der Waals surface area (Å²) in [6, 6.07) is 0.794. The summed E-state index contributed by atoms with van der Waals surface area (Å²) in [5.41, 5.74) is 0. The fraction of sp³-hybridized carbons (Fsp3) is 1.00. The standard InChI is InChI=1S/C8H16N2/c1-2-7(3-1)8-6-9-4-5-10-8/h7-10H,1-6H2/t8-/m0/s1. The predicted molar refractivity (Wildman–Crippen MR) is 42.0 cm³/mol. The van der Waals surface area contributed by atoms with E-state index in [1.807, 2.05) is 0 Å². The van der Waals surface area contributed by atoms with E-state index in [1.165, 1.54) is 32.4 Å². The molecule has 58 valence electrons. The Balaban J connectivity index is 1.78. The minimum atomic E-state index is 0.794. The number of piperazine rings is 1. The molecule has 1 atom stereocenters. The van der Waals surface area contributed by atoms with Crippen molar-refractivity contribution in [1.82, 2.24) is 10.6 Å². The van der Waals surface area contributed by atoms with Crippen molar-refractivity contribution >= 4 is 0 Å². The summed E-state index contributed by atoms with van der Waals surface area (Å²) in [5.74, 6) is 0.993. The molecule has 2 heteroatoms. The molecule has 0 spiro atoms. The van der Waals surface area contributed by atoms with Crippen LogP contribution in [0.5, 0.6) is 0 Å². The highest BCUT2D eigenvalue weighted by molar-refractivity contribution is 4.86. The molecule has 0 aromatic carbocycles. The maximum Gasteiger partial charge on any atom is 0.0221 e. The van der Waals surface area contributed by atoms with E-state index in [9.17, 15) is 0 Å². The highest BCUT2D eigenvalue weighted by Crippen LogP contribution is 2.29. The summed E-state index contributed by atoms with van der Waals surface area (Å²) in [4.78, 5) is 0. The number of hydrogen-bond donors (Lipinski definition) is 2. The van der Waals surface area contributed by atoms with E-state index in [4.69, 9.17) is 0 Å². The number of hydrogen-bond acceptors (Lipinski definition) is 2. The van der Waals surface area contributed by atoms with Gasteiger partial charge in [-0.15, -0.1) is 0 Å². The van der Waals surface area contributed by atoms with Crippen LogP contribution >= 0.6 is 0 Å². The van der Waals surface area contributed by atoms with Crippen molar-refractivity contribution in [2.24, 2.45) is 5.92 Å². The molecule has 0 aromatic heterocycles. The van der Waals surface area contributed by atoms with Gasteiger partial charge in [0.1, 0.15) is 0 Å². The van der Waals surface area contributed by atoms with Crippen LogP contribution in [0, 0.1) is 5.92 Å². The Morgan fingerprint density at radius 1 is 1.10 bits per heavy atom. The van der Waals surface area contributed by atoms with Crippen LogP contribution in [0.15, 0.2) is 0 Å². The van der Waals surface area contributed by atoms with E-state index in [0.29, 0.717) is 0 Å². The lowest BCUT2D eigenvalue weighted by Crippen LogP contribution is -2.53. The van der Waals surface area contributed by atoms with E-state index in [2.05, 4.69) is 10.6 Å². The molecule has 0 radical (unpaired) electrons. The Hall–Kier alpha value is -0.0800. The van der Waals surface area contributed by atoms with Gasteiger partial charge in [0, 0.05) is 25.7 Å². The molecule has 2 nitrogen and oxygen atoms in total. The van der Waals surface area contributed by atoms with Gasteiger partial charge in [0.05, 0.1) is 0 Å². The van der Waals surface area contributed by atoms with Gasteiger partial charge in [-0.05, 0) is 18.8 Å². The summed E-state index contributed by atoms with van der Waals surface area (Å²) in [5, 5.41) is 6.98. The van der Waals surface area contributed by atoms with Crippen molar-refractivity contribution in [1.29, 1.82) is 0 Å². The second kappa shape index (κ2) is 2.89. The Bertz CT molecular complexity index is 104. The van der Waals surface area contributed by atoms with Crippen LogP contribution in [-0.2, 0) is 0 Å². The SMILES string of the molecule is C1CC([C@@H]2CNCCN2)C1. The lowest BCUT2D eigenvalue weighted by atomic mass is 9.79. The normalized spacial score (nSPS) is 35.4. The molecule has 2 fully saturated rings. The molecule has 2 aliphatic rings. The van der Waals surface area contributed by atoms with Gasteiger partial charge < -0.3 is 10.6 Å². The van der Waals surface area contributed by atoms with E-state index >= 15 is 0 Å². The first kappa shape index (κ1) is 6.62. The quantitative estimate of drug-likeness (QED) is 0.549. The van der Waals surface area contributed by atoms with E-state index in [0.717, 1.165) is 18.5 Å². The van der Waals surface area contributed by atoms with Crippen LogP contribution in [0.2, 0.25) is 0 Å². The zero-order chi connectivity index (χ0) is 6.81. The highest BCUT2D eigenvalue weighted by Gasteiger charge is 2.27. The maximum atomic E-state index is 3.56. The molecule has 0 amide bonds. The van der Waals surface area contributed by atoms with Gasteiger partial charge in [-0.3, -0.25) is 0 Å². The molecule has 0 unspecified atom stereocenters. The summed E-state index contributed by atoms with van der Waals surface area (Å²) in [7, 11) is 0. The summed E-state index contributed by atoms with van der Waals surface area (Å²) >= 11 is 0. The third-order valence-corrected chi connectivity index (χ3v) is 2.79. The number of rotatable bonds is 1. The molecule has 2 N–H and O–H groups in total. The Kier molecular flexibility index (Phi) is 1.91. The molecule has 1 saturated carbocycles. The van der Waals surface area contributed by atoms with Crippen molar-refractivity contribution in [3.05, 3.63) is 0 Å². The summed E-state index contributed by atoms with van der Waals surface area (Å²) in [6.45, 7) is 3.52. The molecule has 0 bridgehead atoms. The smallest absolute Gasteiger partial charge is 0.0221 e. The van der Waals surface area contributed by atoms with Gasteiger partial charge >= 0.3 is 0 Å². The molecule has 1 saturated heterocycles. The summed E-state index contributed by atoms with van der Waals surface area (Å²) < 4.78 is 0. The van der Waals surface area contributed by atoms with E-state index in [1.54, 1.807) is 0 Å². The van der Waals surface area contributed by atoms with Crippen LogP contribution in [0.4, 0.5) is 0 Å². The average Bonchev–Trinajstić information content (AvgIpc) is 1.86. The van der Waals surface area contributed by atoms with Crippen molar-refractivity contribution in [3.8, 4) is 0 Å². The molecular weight excluding hydrogens is 124 g/mol. The Labute approximate surface area is 62.4 Å². The van der Waals surface area contributed by atoms with Crippen LogP contribution < -0.4 is 10.6 Å². The molecule has 1 aliphatic carbocycles. The van der Waals surface area contributed by atoms with Gasteiger partial charge in [0.2, 0.25) is 0 Å². The maximum absolute atomic E-state index is 3.56. The third-order valence-electron chi connectivity index (χ3n) is 2.79. The Morgan fingerprint density at radius 2 is 2.00 bits per heavy atom. The van der Waals surface area contributed by atoms with Crippen LogP contribution in [-0.4, -0.2) is 25.7 Å². The van der Waals surface area contributed by atoms with Gasteiger partial charge in [0.25, 0.3) is 0 Å². The van der Waals surface area contributed by atoms with Crippen molar-refractivity contribution in [3.63, 3.8) is 0 Å². The number of nitrogens with one attached hydrogen (secondary N) is 2. The van der Waals surface area contributed by atoms with E-state index in [-0.39, 0.29) is 0 Å². The van der Waals surface area contributed by atoms with Crippen LogP contribution in [0.3, 0.4) is 0 Å². The van der Waals surface area contributed by atoms with Gasteiger partial charge in [-0.2, -0.15) is 0 Å². The zero-order valence-corrected chi connectivity index (χ0v) is 6.40. The second-order valence-corrected chi connectivity index (χ2v) is 3.46. The zero-order valence-electron chi connectivity index (χ0n) is 6.40. The van der Waals surface area contributed by atoms with E-state index < -0.39 is 0 Å². The highest BCUT2D eigenvalue weighted by atomic mass is 15.1. The molecule has 1 aliphatic heterocycles. The van der Waals surface area contributed by atoms with Gasteiger partial charge in [0.15, 0.2) is 0 Å². The largest absolute Gasteiger partial charge is 0.314 e. The summed E-state index contributed by atoms with van der Waals surface area (Å²) in [6.07, 6.45) is 4.38. The fourth-order valence-electron chi connectivity index (χ4n) is 1.85.